The number of anilines is 2. The van der Waals surface area contributed by atoms with Gasteiger partial charge >= 0.3 is 0 Å². The Hall–Kier alpha value is -2.89. The number of fused-ring (bicyclic) bond motifs is 1. The number of hydrogen-bond acceptors (Lipinski definition) is 4. The lowest BCUT2D eigenvalue weighted by Gasteiger charge is -2.22. The summed E-state index contributed by atoms with van der Waals surface area (Å²) in [5, 5.41) is 3.59. The van der Waals surface area contributed by atoms with E-state index in [1.807, 2.05) is 30.9 Å². The molecule has 0 bridgehead atoms. The van der Waals surface area contributed by atoms with Crippen LogP contribution < -0.4 is 15.8 Å². The van der Waals surface area contributed by atoms with E-state index in [1.165, 1.54) is 6.07 Å². The van der Waals surface area contributed by atoms with Crippen molar-refractivity contribution in [3.05, 3.63) is 64.2 Å². The minimum absolute atomic E-state index is 0.198. The number of nitrogens with one attached hydrogen (secondary N) is 2. The molecule has 5 nitrogen and oxygen atoms in total. The molecule has 3 aromatic rings. The summed E-state index contributed by atoms with van der Waals surface area (Å²) in [7, 11) is 0. The summed E-state index contributed by atoms with van der Waals surface area (Å²) in [5.41, 5.74) is 1.81. The average Bonchev–Trinajstić information content (AvgIpc) is 2.62. The topological polar surface area (TPSA) is 61.0 Å². The van der Waals surface area contributed by atoms with Gasteiger partial charge in [-0.15, -0.1) is 0 Å². The zero-order valence-corrected chi connectivity index (χ0v) is 14.3. The molecule has 6 heteroatoms. The van der Waals surface area contributed by atoms with Crippen molar-refractivity contribution in [2.45, 2.75) is 20.4 Å². The Labute approximate surface area is 145 Å². The van der Waals surface area contributed by atoms with E-state index in [4.69, 9.17) is 0 Å². The number of benzene rings is 2. The van der Waals surface area contributed by atoms with Gasteiger partial charge in [0.15, 0.2) is 0 Å². The molecule has 0 aliphatic heterocycles. The van der Waals surface area contributed by atoms with Gasteiger partial charge in [-0.25, -0.2) is 9.37 Å². The van der Waals surface area contributed by atoms with Crippen LogP contribution in [0.2, 0.25) is 0 Å². The third-order valence-electron chi connectivity index (χ3n) is 4.19. The van der Waals surface area contributed by atoms with E-state index in [-0.39, 0.29) is 11.4 Å². The van der Waals surface area contributed by atoms with Gasteiger partial charge in [0.2, 0.25) is 5.95 Å². The lowest BCUT2D eigenvalue weighted by atomic mass is 10.2. The van der Waals surface area contributed by atoms with Crippen LogP contribution in [0.15, 0.2) is 47.3 Å². The van der Waals surface area contributed by atoms with Crippen LogP contribution in [0.1, 0.15) is 19.4 Å². The number of aromatic amines is 1. The number of para-hydroxylation sites is 1. The third kappa shape index (κ3) is 3.63. The molecular weight excluding hydrogens is 319 g/mol. The van der Waals surface area contributed by atoms with Gasteiger partial charge in [-0.2, -0.15) is 0 Å². The van der Waals surface area contributed by atoms with Gasteiger partial charge < -0.3 is 10.2 Å². The molecule has 0 spiro atoms. The summed E-state index contributed by atoms with van der Waals surface area (Å²) < 4.78 is 14.3. The van der Waals surface area contributed by atoms with E-state index >= 15 is 0 Å². The summed E-state index contributed by atoms with van der Waals surface area (Å²) >= 11 is 0. The van der Waals surface area contributed by atoms with E-state index in [1.54, 1.807) is 24.3 Å². The summed E-state index contributed by atoms with van der Waals surface area (Å²) in [4.78, 5) is 21.1. The fraction of sp³-hybridized carbons (Fsp3) is 0.263. The first-order valence-electron chi connectivity index (χ1n) is 8.38. The van der Waals surface area contributed by atoms with Crippen LogP contribution in [-0.2, 0) is 6.54 Å². The van der Waals surface area contributed by atoms with Gasteiger partial charge in [0.05, 0.1) is 16.6 Å². The predicted molar refractivity (Wildman–Crippen MR) is 99.7 cm³/mol. The molecule has 2 N–H and O–H groups in total. The van der Waals surface area contributed by atoms with Crippen LogP contribution in [0, 0.1) is 5.82 Å². The molecule has 0 radical (unpaired) electrons. The normalized spacial score (nSPS) is 10.8. The van der Waals surface area contributed by atoms with Crippen molar-refractivity contribution in [3.8, 4) is 0 Å². The first-order chi connectivity index (χ1) is 12.1. The zero-order chi connectivity index (χ0) is 17.8. The molecule has 0 saturated heterocycles. The highest BCUT2D eigenvalue weighted by molar-refractivity contribution is 5.78. The van der Waals surface area contributed by atoms with Gasteiger partial charge in [-0.3, -0.25) is 9.78 Å². The smallest absolute Gasteiger partial charge is 0.260 e. The summed E-state index contributed by atoms with van der Waals surface area (Å²) in [6, 6.07) is 12.3. The van der Waals surface area contributed by atoms with Crippen molar-refractivity contribution in [1.82, 2.24) is 9.97 Å². The molecule has 0 unspecified atom stereocenters. The molecule has 0 fully saturated rings. The lowest BCUT2D eigenvalue weighted by molar-refractivity contribution is 0.618. The highest BCUT2D eigenvalue weighted by Gasteiger charge is 2.09. The van der Waals surface area contributed by atoms with Crippen molar-refractivity contribution in [2.24, 2.45) is 0 Å². The maximum atomic E-state index is 14.3. The Morgan fingerprint density at radius 2 is 1.92 bits per heavy atom. The second kappa shape index (κ2) is 7.34. The predicted octanol–water partition coefficient (Wildman–Crippen LogP) is 3.52. The molecule has 0 aliphatic carbocycles. The van der Waals surface area contributed by atoms with Crippen LogP contribution in [0.5, 0.6) is 0 Å². The summed E-state index contributed by atoms with van der Waals surface area (Å²) in [6.07, 6.45) is 0. The van der Waals surface area contributed by atoms with E-state index in [0.717, 1.165) is 18.7 Å². The maximum absolute atomic E-state index is 14.3. The third-order valence-corrected chi connectivity index (χ3v) is 4.19. The van der Waals surface area contributed by atoms with Crippen molar-refractivity contribution >= 4 is 22.5 Å². The number of aromatic nitrogens is 2. The number of halogens is 1. The molecule has 25 heavy (non-hydrogen) atoms. The van der Waals surface area contributed by atoms with E-state index < -0.39 is 0 Å². The van der Waals surface area contributed by atoms with Crippen molar-refractivity contribution < 1.29 is 4.39 Å². The molecule has 130 valence electrons. The zero-order valence-electron chi connectivity index (χ0n) is 14.3. The second-order valence-electron chi connectivity index (χ2n) is 5.74. The molecule has 1 heterocycles. The molecule has 2 aromatic carbocycles. The maximum Gasteiger partial charge on any atom is 0.260 e. The van der Waals surface area contributed by atoms with Crippen LogP contribution >= 0.6 is 0 Å². The SMILES string of the molecule is CCN(CC)c1ccc(CNc2nc3ccccc3c(=O)[nH]2)cc1F. The van der Waals surface area contributed by atoms with Crippen LogP contribution in [0.25, 0.3) is 10.9 Å². The minimum atomic E-state index is -0.247. The van der Waals surface area contributed by atoms with Crippen LogP contribution in [0.4, 0.5) is 16.0 Å². The Morgan fingerprint density at radius 3 is 2.64 bits per heavy atom. The number of nitrogens with zero attached hydrogens (tertiary/aromatic N) is 2. The molecule has 0 aliphatic rings. The van der Waals surface area contributed by atoms with Gasteiger partial charge in [-0.1, -0.05) is 18.2 Å². The van der Waals surface area contributed by atoms with Gasteiger partial charge in [-0.05, 0) is 43.7 Å². The number of H-pyrrole nitrogens is 1. The second-order valence-corrected chi connectivity index (χ2v) is 5.74. The van der Waals surface area contributed by atoms with E-state index in [0.29, 0.717) is 29.1 Å². The average molecular weight is 340 g/mol. The van der Waals surface area contributed by atoms with Gasteiger partial charge in [0.25, 0.3) is 5.56 Å². The fourth-order valence-electron chi connectivity index (χ4n) is 2.84. The molecule has 0 atom stereocenters. The van der Waals surface area contributed by atoms with Crippen LogP contribution in [0.3, 0.4) is 0 Å². The molecule has 0 saturated carbocycles. The summed E-state index contributed by atoms with van der Waals surface area (Å²) in [5.74, 6) is 0.125. The highest BCUT2D eigenvalue weighted by atomic mass is 19.1. The van der Waals surface area contributed by atoms with E-state index in [9.17, 15) is 9.18 Å². The summed E-state index contributed by atoms with van der Waals surface area (Å²) in [6.45, 7) is 5.89. The Balaban J connectivity index is 1.78. The Morgan fingerprint density at radius 1 is 1.16 bits per heavy atom. The highest BCUT2D eigenvalue weighted by Crippen LogP contribution is 2.20. The van der Waals surface area contributed by atoms with Crippen molar-refractivity contribution in [3.63, 3.8) is 0 Å². The van der Waals surface area contributed by atoms with Crippen LogP contribution in [-0.4, -0.2) is 23.1 Å². The fourth-order valence-corrected chi connectivity index (χ4v) is 2.84. The Bertz CT molecular complexity index is 934. The Kier molecular flexibility index (Phi) is 4.97. The molecule has 3 rings (SSSR count). The first-order valence-corrected chi connectivity index (χ1v) is 8.38. The monoisotopic (exact) mass is 340 g/mol. The lowest BCUT2D eigenvalue weighted by Crippen LogP contribution is -2.23. The number of hydrogen-bond donors (Lipinski definition) is 2. The molecule has 0 amide bonds. The van der Waals surface area contributed by atoms with Crippen molar-refractivity contribution in [1.29, 1.82) is 0 Å². The molecular formula is C19H21FN4O. The van der Waals surface area contributed by atoms with Gasteiger partial charge in [0, 0.05) is 19.6 Å². The van der Waals surface area contributed by atoms with Crippen molar-refractivity contribution in [2.75, 3.05) is 23.3 Å². The van der Waals surface area contributed by atoms with Gasteiger partial charge in [0.1, 0.15) is 5.82 Å². The quantitative estimate of drug-likeness (QED) is 0.721. The first kappa shape index (κ1) is 17.0. The molecule has 1 aromatic heterocycles. The number of rotatable bonds is 6. The van der Waals surface area contributed by atoms with E-state index in [2.05, 4.69) is 15.3 Å². The minimum Gasteiger partial charge on any atom is -0.370 e. The largest absolute Gasteiger partial charge is 0.370 e. The standard InChI is InChI=1S/C19H21FN4O/c1-3-24(4-2)17-10-9-13(11-15(17)20)12-21-19-22-16-8-6-5-7-14(16)18(25)23-19/h5-11H,3-4,12H2,1-2H3,(H2,21,22,23,25).